The van der Waals surface area contributed by atoms with E-state index in [-0.39, 0.29) is 11.8 Å². The molecule has 2 saturated carbocycles. The molecule has 4 nitrogen and oxygen atoms in total. The zero-order chi connectivity index (χ0) is 13.7. The van der Waals surface area contributed by atoms with Crippen molar-refractivity contribution in [3.05, 3.63) is 0 Å². The monoisotopic (exact) mass is 267 g/mol. The number of carboxylic acid groups (broad SMARTS) is 1. The summed E-state index contributed by atoms with van der Waals surface area (Å²) in [4.78, 5) is 23.1. The zero-order valence-corrected chi connectivity index (χ0v) is 11.6. The van der Waals surface area contributed by atoms with Gasteiger partial charge in [0.15, 0.2) is 0 Å². The Kier molecular flexibility index (Phi) is 5.23. The van der Waals surface area contributed by atoms with Crippen LogP contribution in [0.25, 0.3) is 0 Å². The highest BCUT2D eigenvalue weighted by molar-refractivity contribution is 5.85. The minimum absolute atomic E-state index is 0.0410. The molecule has 2 unspecified atom stereocenters. The number of carbonyl (C=O) groups is 2. The lowest BCUT2D eigenvalue weighted by molar-refractivity contribution is -0.146. The van der Waals surface area contributed by atoms with Crippen molar-refractivity contribution in [2.75, 3.05) is 6.54 Å². The average molecular weight is 267 g/mol. The van der Waals surface area contributed by atoms with E-state index >= 15 is 0 Å². The molecule has 0 aromatic heterocycles. The molecule has 4 heteroatoms. The lowest BCUT2D eigenvalue weighted by Gasteiger charge is -2.22. The van der Waals surface area contributed by atoms with Gasteiger partial charge in [-0.15, -0.1) is 0 Å². The fourth-order valence-electron chi connectivity index (χ4n) is 3.58. The SMILES string of the molecule is O=C(O)C1CCCC1C(=O)NCCC1CCCCC1. The highest BCUT2D eigenvalue weighted by Gasteiger charge is 2.37. The molecule has 2 aliphatic carbocycles. The first kappa shape index (κ1) is 14.4. The maximum Gasteiger partial charge on any atom is 0.307 e. The van der Waals surface area contributed by atoms with Crippen LogP contribution in [0.1, 0.15) is 57.8 Å². The third-order valence-electron chi connectivity index (χ3n) is 4.75. The summed E-state index contributed by atoms with van der Waals surface area (Å²) >= 11 is 0. The molecule has 2 rings (SSSR count). The summed E-state index contributed by atoms with van der Waals surface area (Å²) < 4.78 is 0. The Morgan fingerprint density at radius 3 is 2.32 bits per heavy atom. The molecule has 2 aliphatic rings. The van der Waals surface area contributed by atoms with Gasteiger partial charge in [0.1, 0.15) is 0 Å². The van der Waals surface area contributed by atoms with Crippen molar-refractivity contribution in [1.82, 2.24) is 5.32 Å². The number of hydrogen-bond acceptors (Lipinski definition) is 2. The molecule has 2 atom stereocenters. The van der Waals surface area contributed by atoms with Gasteiger partial charge in [0.2, 0.25) is 5.91 Å². The maximum absolute atomic E-state index is 12.0. The van der Waals surface area contributed by atoms with Gasteiger partial charge in [-0.1, -0.05) is 38.5 Å². The van der Waals surface area contributed by atoms with E-state index in [4.69, 9.17) is 5.11 Å². The molecule has 2 N–H and O–H groups in total. The maximum atomic E-state index is 12.0. The first-order chi connectivity index (χ1) is 9.18. The van der Waals surface area contributed by atoms with Crippen molar-refractivity contribution in [1.29, 1.82) is 0 Å². The van der Waals surface area contributed by atoms with Gasteiger partial charge < -0.3 is 10.4 Å². The van der Waals surface area contributed by atoms with E-state index in [0.29, 0.717) is 13.0 Å². The summed E-state index contributed by atoms with van der Waals surface area (Å²) in [6.45, 7) is 0.715. The Morgan fingerprint density at radius 2 is 1.63 bits per heavy atom. The molecule has 0 aliphatic heterocycles. The second kappa shape index (κ2) is 6.92. The summed E-state index contributed by atoms with van der Waals surface area (Å²) in [6.07, 6.45) is 9.86. The fourth-order valence-corrected chi connectivity index (χ4v) is 3.58. The second-order valence-electron chi connectivity index (χ2n) is 6.07. The molecule has 0 heterocycles. The third kappa shape index (κ3) is 3.95. The third-order valence-corrected chi connectivity index (χ3v) is 4.75. The van der Waals surface area contributed by atoms with E-state index in [0.717, 1.165) is 25.2 Å². The van der Waals surface area contributed by atoms with Gasteiger partial charge in [0.05, 0.1) is 11.8 Å². The fraction of sp³-hybridized carbons (Fsp3) is 0.867. The topological polar surface area (TPSA) is 66.4 Å². The second-order valence-corrected chi connectivity index (χ2v) is 6.07. The summed E-state index contributed by atoms with van der Waals surface area (Å²) in [6, 6.07) is 0. The first-order valence-corrected chi connectivity index (χ1v) is 7.69. The zero-order valence-electron chi connectivity index (χ0n) is 11.6. The van der Waals surface area contributed by atoms with Crippen LogP contribution in [-0.2, 0) is 9.59 Å². The molecular weight excluding hydrogens is 242 g/mol. The van der Waals surface area contributed by atoms with Crippen LogP contribution >= 0.6 is 0 Å². The molecule has 0 saturated heterocycles. The molecule has 0 radical (unpaired) electrons. The predicted molar refractivity (Wildman–Crippen MR) is 72.7 cm³/mol. The van der Waals surface area contributed by atoms with Crippen LogP contribution < -0.4 is 5.32 Å². The Hall–Kier alpha value is -1.06. The van der Waals surface area contributed by atoms with Crippen LogP contribution in [0.5, 0.6) is 0 Å². The van der Waals surface area contributed by atoms with Gasteiger partial charge in [-0.05, 0) is 25.2 Å². The molecule has 0 spiro atoms. The molecule has 108 valence electrons. The lowest BCUT2D eigenvalue weighted by atomic mass is 9.87. The van der Waals surface area contributed by atoms with E-state index < -0.39 is 11.9 Å². The summed E-state index contributed by atoms with van der Waals surface area (Å²) in [7, 11) is 0. The highest BCUT2D eigenvalue weighted by Crippen LogP contribution is 2.32. The number of carbonyl (C=O) groups excluding carboxylic acids is 1. The molecule has 2 fully saturated rings. The Bertz CT molecular complexity index is 323. The molecular formula is C15H25NO3. The molecule has 19 heavy (non-hydrogen) atoms. The molecule has 1 amide bonds. The highest BCUT2D eigenvalue weighted by atomic mass is 16.4. The lowest BCUT2D eigenvalue weighted by Crippen LogP contribution is -2.36. The number of nitrogens with one attached hydrogen (secondary N) is 1. The van der Waals surface area contributed by atoms with Crippen LogP contribution in [-0.4, -0.2) is 23.5 Å². The number of aliphatic carboxylic acids is 1. The van der Waals surface area contributed by atoms with Crippen molar-refractivity contribution < 1.29 is 14.7 Å². The van der Waals surface area contributed by atoms with Gasteiger partial charge in [-0.3, -0.25) is 9.59 Å². The van der Waals surface area contributed by atoms with Crippen LogP contribution in [0.2, 0.25) is 0 Å². The minimum Gasteiger partial charge on any atom is -0.481 e. The predicted octanol–water partition coefficient (Wildman–Crippen LogP) is 2.57. The van der Waals surface area contributed by atoms with Gasteiger partial charge >= 0.3 is 5.97 Å². The molecule has 0 bridgehead atoms. The van der Waals surface area contributed by atoms with Gasteiger partial charge in [0.25, 0.3) is 0 Å². The first-order valence-electron chi connectivity index (χ1n) is 7.69. The van der Waals surface area contributed by atoms with Crippen LogP contribution in [0.4, 0.5) is 0 Å². The summed E-state index contributed by atoms with van der Waals surface area (Å²) in [5, 5.41) is 12.0. The Labute approximate surface area is 115 Å². The van der Waals surface area contributed by atoms with Crippen molar-refractivity contribution >= 4 is 11.9 Å². The largest absolute Gasteiger partial charge is 0.481 e. The molecule has 0 aromatic rings. The Balaban J connectivity index is 1.70. The van der Waals surface area contributed by atoms with Gasteiger partial charge in [-0.25, -0.2) is 0 Å². The van der Waals surface area contributed by atoms with Crippen molar-refractivity contribution in [2.45, 2.75) is 57.8 Å². The number of hydrogen-bond donors (Lipinski definition) is 2. The van der Waals surface area contributed by atoms with Crippen LogP contribution in [0, 0.1) is 17.8 Å². The number of carboxylic acids is 1. The van der Waals surface area contributed by atoms with Crippen molar-refractivity contribution in [2.24, 2.45) is 17.8 Å². The number of rotatable bonds is 5. The normalized spacial score (nSPS) is 28.2. The van der Waals surface area contributed by atoms with E-state index in [1.54, 1.807) is 0 Å². The van der Waals surface area contributed by atoms with Crippen molar-refractivity contribution in [3.8, 4) is 0 Å². The average Bonchev–Trinajstić information content (AvgIpc) is 2.89. The summed E-state index contributed by atoms with van der Waals surface area (Å²) in [5.74, 6) is -0.864. The van der Waals surface area contributed by atoms with Crippen molar-refractivity contribution in [3.63, 3.8) is 0 Å². The smallest absolute Gasteiger partial charge is 0.307 e. The van der Waals surface area contributed by atoms with Crippen LogP contribution in [0.3, 0.4) is 0 Å². The standard InChI is InChI=1S/C15H25NO3/c17-14(12-7-4-8-13(12)15(18)19)16-10-9-11-5-2-1-3-6-11/h11-13H,1-10H2,(H,16,17)(H,18,19). The summed E-state index contributed by atoms with van der Waals surface area (Å²) in [5.41, 5.74) is 0. The quantitative estimate of drug-likeness (QED) is 0.804. The van der Waals surface area contributed by atoms with E-state index in [9.17, 15) is 9.59 Å². The number of amides is 1. The van der Waals surface area contributed by atoms with E-state index in [2.05, 4.69) is 5.32 Å². The van der Waals surface area contributed by atoms with Crippen LogP contribution in [0.15, 0.2) is 0 Å². The molecule has 0 aromatic carbocycles. The van der Waals surface area contributed by atoms with E-state index in [1.807, 2.05) is 0 Å². The van der Waals surface area contributed by atoms with Gasteiger partial charge in [0, 0.05) is 6.54 Å². The Morgan fingerprint density at radius 1 is 0.947 bits per heavy atom. The minimum atomic E-state index is -0.815. The van der Waals surface area contributed by atoms with Gasteiger partial charge in [-0.2, -0.15) is 0 Å². The van der Waals surface area contributed by atoms with E-state index in [1.165, 1.54) is 32.1 Å².